The second-order valence-corrected chi connectivity index (χ2v) is 6.91. The van der Waals surface area contributed by atoms with Gasteiger partial charge in [-0.25, -0.2) is 0 Å². The van der Waals surface area contributed by atoms with E-state index < -0.39 is 0 Å². The van der Waals surface area contributed by atoms with Crippen LogP contribution < -0.4 is 4.90 Å². The van der Waals surface area contributed by atoms with Crippen LogP contribution in [0, 0.1) is 5.92 Å². The standard InChI is InChI=1S/C20H28N2O3/c1-2-25-20(24)17-10-14-22(15-11-17)19(23)16-6-8-18(9-7-16)21-12-4-3-5-13-21/h6-9,17H,2-5,10-15H2,1H3. The molecule has 2 saturated heterocycles. The third-order valence-electron chi connectivity index (χ3n) is 5.24. The van der Waals surface area contributed by atoms with Crippen molar-refractivity contribution in [2.45, 2.75) is 39.0 Å². The van der Waals surface area contributed by atoms with E-state index in [2.05, 4.69) is 17.0 Å². The number of piperidine rings is 2. The van der Waals surface area contributed by atoms with Gasteiger partial charge in [0, 0.05) is 37.4 Å². The van der Waals surface area contributed by atoms with Crippen LogP contribution in [0.25, 0.3) is 0 Å². The highest BCUT2D eigenvalue weighted by atomic mass is 16.5. The molecule has 5 nitrogen and oxygen atoms in total. The van der Waals surface area contributed by atoms with Gasteiger partial charge in [-0.2, -0.15) is 0 Å². The van der Waals surface area contributed by atoms with Crippen LogP contribution in [0.2, 0.25) is 0 Å². The Hall–Kier alpha value is -2.04. The van der Waals surface area contributed by atoms with Gasteiger partial charge in [0.15, 0.2) is 0 Å². The number of hydrogen-bond donors (Lipinski definition) is 0. The molecule has 136 valence electrons. The number of benzene rings is 1. The molecular formula is C20H28N2O3. The maximum atomic E-state index is 12.7. The first-order chi connectivity index (χ1) is 12.2. The zero-order valence-electron chi connectivity index (χ0n) is 15.1. The summed E-state index contributed by atoms with van der Waals surface area (Å²) >= 11 is 0. The van der Waals surface area contributed by atoms with Gasteiger partial charge in [0.1, 0.15) is 0 Å². The minimum atomic E-state index is -0.125. The van der Waals surface area contributed by atoms with E-state index >= 15 is 0 Å². The summed E-state index contributed by atoms with van der Waals surface area (Å²) < 4.78 is 5.09. The van der Waals surface area contributed by atoms with Crippen molar-refractivity contribution in [2.75, 3.05) is 37.7 Å². The van der Waals surface area contributed by atoms with E-state index in [4.69, 9.17) is 4.74 Å². The molecule has 3 rings (SSSR count). The van der Waals surface area contributed by atoms with E-state index in [-0.39, 0.29) is 17.8 Å². The van der Waals surface area contributed by atoms with E-state index in [0.717, 1.165) is 18.7 Å². The first-order valence-electron chi connectivity index (χ1n) is 9.50. The van der Waals surface area contributed by atoms with Crippen molar-refractivity contribution in [3.8, 4) is 0 Å². The summed E-state index contributed by atoms with van der Waals surface area (Å²) in [6.07, 6.45) is 5.19. The van der Waals surface area contributed by atoms with Crippen LogP contribution in [0.3, 0.4) is 0 Å². The normalized spacial score (nSPS) is 18.9. The van der Waals surface area contributed by atoms with Crippen molar-refractivity contribution >= 4 is 17.6 Å². The summed E-state index contributed by atoms with van der Waals surface area (Å²) in [6, 6.07) is 7.99. The third kappa shape index (κ3) is 4.33. The maximum absolute atomic E-state index is 12.7. The zero-order valence-corrected chi connectivity index (χ0v) is 15.1. The topological polar surface area (TPSA) is 49.9 Å². The molecule has 0 saturated carbocycles. The molecule has 0 N–H and O–H groups in total. The lowest BCUT2D eigenvalue weighted by molar-refractivity contribution is -0.149. The van der Waals surface area contributed by atoms with Crippen LogP contribution in [0.5, 0.6) is 0 Å². The Morgan fingerprint density at radius 3 is 2.24 bits per heavy atom. The number of esters is 1. The molecule has 0 unspecified atom stereocenters. The average Bonchev–Trinajstić information content (AvgIpc) is 2.68. The van der Waals surface area contributed by atoms with Crippen LogP contribution in [0.4, 0.5) is 5.69 Å². The van der Waals surface area contributed by atoms with Gasteiger partial charge in [0.2, 0.25) is 0 Å². The van der Waals surface area contributed by atoms with Crippen molar-refractivity contribution in [3.63, 3.8) is 0 Å². The molecule has 1 aromatic rings. The molecule has 2 aliphatic rings. The fraction of sp³-hybridized carbons (Fsp3) is 0.600. The van der Waals surface area contributed by atoms with Gasteiger partial charge in [0.05, 0.1) is 12.5 Å². The fourth-order valence-electron chi connectivity index (χ4n) is 3.73. The lowest BCUT2D eigenvalue weighted by atomic mass is 9.96. The van der Waals surface area contributed by atoms with E-state index in [1.54, 1.807) is 0 Å². The van der Waals surface area contributed by atoms with E-state index in [1.807, 2.05) is 24.0 Å². The first kappa shape index (κ1) is 17.8. The molecule has 0 aromatic heterocycles. The van der Waals surface area contributed by atoms with Crippen LogP contribution in [-0.4, -0.2) is 49.6 Å². The Labute approximate surface area is 149 Å². The number of amides is 1. The number of nitrogens with zero attached hydrogens (tertiary/aromatic N) is 2. The number of anilines is 1. The van der Waals surface area contributed by atoms with Crippen molar-refractivity contribution in [1.82, 2.24) is 4.90 Å². The van der Waals surface area contributed by atoms with Crippen LogP contribution >= 0.6 is 0 Å². The molecule has 1 amide bonds. The molecule has 2 heterocycles. The molecule has 0 bridgehead atoms. The van der Waals surface area contributed by atoms with Crippen molar-refractivity contribution in [1.29, 1.82) is 0 Å². The highest BCUT2D eigenvalue weighted by Crippen LogP contribution is 2.23. The molecule has 5 heteroatoms. The summed E-state index contributed by atoms with van der Waals surface area (Å²) in [7, 11) is 0. The minimum Gasteiger partial charge on any atom is -0.466 e. The first-order valence-corrected chi connectivity index (χ1v) is 9.50. The van der Waals surface area contributed by atoms with Gasteiger partial charge in [-0.15, -0.1) is 0 Å². The Kier molecular flexibility index (Phi) is 5.95. The molecule has 2 fully saturated rings. The summed E-state index contributed by atoms with van der Waals surface area (Å²) in [5, 5.41) is 0. The predicted octanol–water partition coefficient (Wildman–Crippen LogP) is 3.09. The zero-order chi connectivity index (χ0) is 17.6. The summed E-state index contributed by atoms with van der Waals surface area (Å²) in [5.41, 5.74) is 1.94. The Morgan fingerprint density at radius 1 is 1.00 bits per heavy atom. The number of rotatable bonds is 4. The average molecular weight is 344 g/mol. The number of ether oxygens (including phenoxy) is 1. The smallest absolute Gasteiger partial charge is 0.309 e. The number of carbonyl (C=O) groups is 2. The van der Waals surface area contributed by atoms with Gasteiger partial charge < -0.3 is 14.5 Å². The van der Waals surface area contributed by atoms with Gasteiger partial charge in [-0.05, 0) is 63.3 Å². The number of carbonyl (C=O) groups excluding carboxylic acids is 2. The highest BCUT2D eigenvalue weighted by molar-refractivity contribution is 5.94. The Bertz CT molecular complexity index is 585. The Morgan fingerprint density at radius 2 is 1.64 bits per heavy atom. The maximum Gasteiger partial charge on any atom is 0.309 e. The SMILES string of the molecule is CCOC(=O)C1CCN(C(=O)c2ccc(N3CCCCC3)cc2)CC1. The molecule has 1 aromatic carbocycles. The molecule has 0 spiro atoms. The minimum absolute atomic E-state index is 0.0625. The van der Waals surface area contributed by atoms with Crippen molar-refractivity contribution in [3.05, 3.63) is 29.8 Å². The molecule has 0 aliphatic carbocycles. The lowest BCUT2D eigenvalue weighted by Crippen LogP contribution is -2.40. The lowest BCUT2D eigenvalue weighted by Gasteiger charge is -2.31. The van der Waals surface area contributed by atoms with Crippen LogP contribution in [-0.2, 0) is 9.53 Å². The summed E-state index contributed by atoms with van der Waals surface area (Å²) in [4.78, 5) is 28.7. The van der Waals surface area contributed by atoms with Crippen molar-refractivity contribution in [2.24, 2.45) is 5.92 Å². The van der Waals surface area contributed by atoms with Gasteiger partial charge >= 0.3 is 5.97 Å². The monoisotopic (exact) mass is 344 g/mol. The van der Waals surface area contributed by atoms with Crippen LogP contribution in [0.15, 0.2) is 24.3 Å². The van der Waals surface area contributed by atoms with Crippen LogP contribution in [0.1, 0.15) is 49.4 Å². The molecule has 0 radical (unpaired) electrons. The Balaban J connectivity index is 1.55. The quantitative estimate of drug-likeness (QED) is 0.788. The third-order valence-corrected chi connectivity index (χ3v) is 5.24. The van der Waals surface area contributed by atoms with Gasteiger partial charge in [-0.3, -0.25) is 9.59 Å². The molecular weight excluding hydrogens is 316 g/mol. The second-order valence-electron chi connectivity index (χ2n) is 6.91. The predicted molar refractivity (Wildman–Crippen MR) is 97.8 cm³/mol. The second kappa shape index (κ2) is 8.37. The van der Waals surface area contributed by atoms with E-state index in [0.29, 0.717) is 32.5 Å². The molecule has 2 aliphatic heterocycles. The highest BCUT2D eigenvalue weighted by Gasteiger charge is 2.28. The molecule has 25 heavy (non-hydrogen) atoms. The largest absolute Gasteiger partial charge is 0.466 e. The van der Waals surface area contributed by atoms with E-state index in [9.17, 15) is 9.59 Å². The molecule has 0 atom stereocenters. The number of likely N-dealkylation sites (tertiary alicyclic amines) is 1. The summed E-state index contributed by atoms with van der Waals surface area (Å²) in [5.74, 6) is -0.126. The van der Waals surface area contributed by atoms with E-state index in [1.165, 1.54) is 24.9 Å². The van der Waals surface area contributed by atoms with Crippen molar-refractivity contribution < 1.29 is 14.3 Å². The summed E-state index contributed by atoms with van der Waals surface area (Å²) in [6.45, 7) is 5.70. The number of hydrogen-bond acceptors (Lipinski definition) is 4. The van der Waals surface area contributed by atoms with Gasteiger partial charge in [-0.1, -0.05) is 0 Å². The van der Waals surface area contributed by atoms with Gasteiger partial charge in [0.25, 0.3) is 5.91 Å². The fourth-order valence-corrected chi connectivity index (χ4v) is 3.73.